The molecule has 0 aliphatic carbocycles. The third-order valence-corrected chi connectivity index (χ3v) is 3.09. The van der Waals surface area contributed by atoms with Crippen molar-refractivity contribution in [1.29, 1.82) is 0 Å². The van der Waals surface area contributed by atoms with Gasteiger partial charge in [0.1, 0.15) is 5.58 Å². The average molecular weight is 256 g/mol. The summed E-state index contributed by atoms with van der Waals surface area (Å²) < 4.78 is 11.0. The largest absolute Gasteiger partial charge is 0.493 e. The Morgan fingerprint density at radius 2 is 2.05 bits per heavy atom. The molecule has 0 aliphatic heterocycles. The van der Waals surface area contributed by atoms with Crippen LogP contribution in [0.5, 0.6) is 5.75 Å². The SMILES string of the molecule is COc1ccc(C(N)=O)c2c1oc1ccc(N)cc12. The molecule has 19 heavy (non-hydrogen) atoms. The Balaban J connectivity index is 2.55. The lowest BCUT2D eigenvalue weighted by Gasteiger charge is -2.03. The number of rotatable bonds is 2. The number of furan rings is 1. The second-order valence-corrected chi connectivity index (χ2v) is 4.24. The number of hydrogen-bond donors (Lipinski definition) is 2. The van der Waals surface area contributed by atoms with Crippen molar-refractivity contribution >= 4 is 33.5 Å². The highest BCUT2D eigenvalue weighted by Gasteiger charge is 2.18. The van der Waals surface area contributed by atoms with Gasteiger partial charge in [0.25, 0.3) is 0 Å². The van der Waals surface area contributed by atoms with Gasteiger partial charge in [0, 0.05) is 16.5 Å². The van der Waals surface area contributed by atoms with Crippen molar-refractivity contribution in [2.45, 2.75) is 0 Å². The highest BCUT2D eigenvalue weighted by Crippen LogP contribution is 2.37. The molecule has 0 fully saturated rings. The van der Waals surface area contributed by atoms with Crippen LogP contribution in [-0.4, -0.2) is 13.0 Å². The van der Waals surface area contributed by atoms with E-state index in [0.29, 0.717) is 33.6 Å². The molecule has 3 aromatic rings. The molecule has 0 saturated carbocycles. The fourth-order valence-electron chi connectivity index (χ4n) is 2.24. The van der Waals surface area contributed by atoms with Crippen LogP contribution in [0.2, 0.25) is 0 Å². The third kappa shape index (κ3) is 1.59. The molecular formula is C14H12N2O3. The van der Waals surface area contributed by atoms with Crippen molar-refractivity contribution in [1.82, 2.24) is 0 Å². The molecule has 0 bridgehead atoms. The number of benzene rings is 2. The van der Waals surface area contributed by atoms with E-state index >= 15 is 0 Å². The maximum Gasteiger partial charge on any atom is 0.249 e. The first-order valence-corrected chi connectivity index (χ1v) is 5.70. The first-order valence-electron chi connectivity index (χ1n) is 5.70. The number of anilines is 1. The van der Waals surface area contributed by atoms with Gasteiger partial charge in [-0.3, -0.25) is 4.79 Å². The Hall–Kier alpha value is -2.69. The van der Waals surface area contributed by atoms with Crippen molar-refractivity contribution in [3.05, 3.63) is 35.9 Å². The summed E-state index contributed by atoms with van der Waals surface area (Å²) in [5.74, 6) is 0.0348. The number of methoxy groups -OCH3 is 1. The molecule has 1 heterocycles. The monoisotopic (exact) mass is 256 g/mol. The molecule has 0 unspecified atom stereocenters. The molecule has 5 nitrogen and oxygen atoms in total. The van der Waals surface area contributed by atoms with Gasteiger partial charge >= 0.3 is 0 Å². The van der Waals surface area contributed by atoms with Gasteiger partial charge in [0.15, 0.2) is 11.3 Å². The van der Waals surface area contributed by atoms with E-state index in [1.165, 1.54) is 0 Å². The zero-order chi connectivity index (χ0) is 13.6. The topological polar surface area (TPSA) is 91.5 Å². The van der Waals surface area contributed by atoms with E-state index in [2.05, 4.69) is 0 Å². The molecule has 0 atom stereocenters. The van der Waals surface area contributed by atoms with Crippen LogP contribution in [0, 0.1) is 0 Å². The first kappa shape index (κ1) is 11.4. The molecule has 1 amide bonds. The summed E-state index contributed by atoms with van der Waals surface area (Å²) in [6.45, 7) is 0. The molecule has 0 saturated heterocycles. The van der Waals surface area contributed by atoms with Gasteiger partial charge in [-0.1, -0.05) is 0 Å². The number of hydrogen-bond acceptors (Lipinski definition) is 4. The second-order valence-electron chi connectivity index (χ2n) is 4.24. The molecule has 0 aliphatic rings. The fraction of sp³-hybridized carbons (Fsp3) is 0.0714. The predicted molar refractivity (Wildman–Crippen MR) is 73.2 cm³/mol. The summed E-state index contributed by atoms with van der Waals surface area (Å²) in [7, 11) is 1.54. The summed E-state index contributed by atoms with van der Waals surface area (Å²) in [5, 5.41) is 1.39. The highest BCUT2D eigenvalue weighted by atomic mass is 16.5. The Morgan fingerprint density at radius 3 is 2.74 bits per heavy atom. The normalized spacial score (nSPS) is 11.0. The Labute approximate surface area is 108 Å². The number of carbonyl (C=O) groups is 1. The van der Waals surface area contributed by atoms with Crippen molar-refractivity contribution in [3.8, 4) is 5.75 Å². The molecular weight excluding hydrogens is 244 g/mol. The number of primary amides is 1. The van der Waals surface area contributed by atoms with Gasteiger partial charge in [-0.2, -0.15) is 0 Å². The van der Waals surface area contributed by atoms with Gasteiger partial charge in [-0.15, -0.1) is 0 Å². The Morgan fingerprint density at radius 1 is 1.26 bits per heavy atom. The van der Waals surface area contributed by atoms with Crippen molar-refractivity contribution in [3.63, 3.8) is 0 Å². The number of nitrogen functional groups attached to an aromatic ring is 1. The lowest BCUT2D eigenvalue weighted by molar-refractivity contribution is 0.100. The zero-order valence-corrected chi connectivity index (χ0v) is 10.3. The smallest absolute Gasteiger partial charge is 0.249 e. The standard InChI is InChI=1S/C14H12N2O3/c1-18-11-5-3-8(14(16)17)12-9-6-7(15)2-4-10(9)19-13(11)12/h2-6H,15H2,1H3,(H2,16,17). The second kappa shape index (κ2) is 3.91. The lowest BCUT2D eigenvalue weighted by atomic mass is 10.0. The van der Waals surface area contributed by atoms with Crippen molar-refractivity contribution in [2.75, 3.05) is 12.8 Å². The molecule has 4 N–H and O–H groups in total. The van der Waals surface area contributed by atoms with E-state index in [-0.39, 0.29) is 0 Å². The van der Waals surface area contributed by atoms with Gasteiger partial charge < -0.3 is 20.6 Å². The molecule has 3 rings (SSSR count). The minimum absolute atomic E-state index is 0.389. The molecule has 96 valence electrons. The number of carbonyl (C=O) groups excluding carboxylic acids is 1. The minimum Gasteiger partial charge on any atom is -0.493 e. The van der Waals surface area contributed by atoms with E-state index in [1.807, 2.05) is 0 Å². The van der Waals surface area contributed by atoms with E-state index < -0.39 is 5.91 Å². The Kier molecular flexibility index (Phi) is 2.35. The van der Waals surface area contributed by atoms with Gasteiger partial charge in [0.05, 0.1) is 12.7 Å². The highest BCUT2D eigenvalue weighted by molar-refractivity contribution is 6.17. The number of fused-ring (bicyclic) bond motifs is 3. The molecule has 1 aromatic heterocycles. The van der Waals surface area contributed by atoms with Crippen LogP contribution in [0.25, 0.3) is 21.9 Å². The van der Waals surface area contributed by atoms with Gasteiger partial charge in [-0.25, -0.2) is 0 Å². The average Bonchev–Trinajstić information content (AvgIpc) is 2.76. The van der Waals surface area contributed by atoms with E-state index in [0.717, 1.165) is 5.39 Å². The zero-order valence-electron chi connectivity index (χ0n) is 10.3. The van der Waals surface area contributed by atoms with Crippen LogP contribution in [-0.2, 0) is 0 Å². The quantitative estimate of drug-likeness (QED) is 0.688. The number of amides is 1. The Bertz CT molecular complexity index is 805. The summed E-state index contributed by atoms with van der Waals surface area (Å²) >= 11 is 0. The van der Waals surface area contributed by atoms with Gasteiger partial charge in [-0.05, 0) is 30.3 Å². The van der Waals surface area contributed by atoms with Crippen LogP contribution < -0.4 is 16.2 Å². The maximum absolute atomic E-state index is 11.5. The first-order chi connectivity index (χ1) is 9.11. The predicted octanol–water partition coefficient (Wildman–Crippen LogP) is 2.28. The third-order valence-electron chi connectivity index (χ3n) is 3.09. The van der Waals surface area contributed by atoms with Crippen LogP contribution in [0.15, 0.2) is 34.7 Å². The van der Waals surface area contributed by atoms with Crippen LogP contribution in [0.3, 0.4) is 0 Å². The summed E-state index contributed by atoms with van der Waals surface area (Å²) in [6.07, 6.45) is 0. The van der Waals surface area contributed by atoms with Crippen LogP contribution in [0.1, 0.15) is 10.4 Å². The van der Waals surface area contributed by atoms with Gasteiger partial charge in [0.2, 0.25) is 5.91 Å². The summed E-state index contributed by atoms with van der Waals surface area (Å²) in [5.41, 5.74) is 13.3. The van der Waals surface area contributed by atoms with Crippen molar-refractivity contribution < 1.29 is 13.9 Å². The molecule has 2 aromatic carbocycles. The fourth-order valence-corrected chi connectivity index (χ4v) is 2.24. The maximum atomic E-state index is 11.5. The summed E-state index contributed by atoms with van der Waals surface area (Å²) in [6, 6.07) is 8.54. The minimum atomic E-state index is -0.516. The van der Waals surface area contributed by atoms with E-state index in [9.17, 15) is 4.79 Å². The summed E-state index contributed by atoms with van der Waals surface area (Å²) in [4.78, 5) is 11.5. The van der Waals surface area contributed by atoms with Crippen LogP contribution in [0.4, 0.5) is 5.69 Å². The number of ether oxygens (including phenoxy) is 1. The number of nitrogens with two attached hydrogens (primary N) is 2. The van der Waals surface area contributed by atoms with E-state index in [1.54, 1.807) is 37.4 Å². The van der Waals surface area contributed by atoms with Crippen molar-refractivity contribution in [2.24, 2.45) is 5.73 Å². The molecule has 5 heteroatoms. The van der Waals surface area contributed by atoms with Crippen LogP contribution >= 0.6 is 0 Å². The molecule has 0 radical (unpaired) electrons. The lowest BCUT2D eigenvalue weighted by Crippen LogP contribution is -2.11. The molecule has 0 spiro atoms. The van der Waals surface area contributed by atoms with E-state index in [4.69, 9.17) is 20.6 Å².